The van der Waals surface area contributed by atoms with Crippen LogP contribution in [0.1, 0.15) is 30.1 Å². The van der Waals surface area contributed by atoms with E-state index in [1.54, 1.807) is 6.07 Å². The largest absolute Gasteiger partial charge is 0.467 e. The predicted molar refractivity (Wildman–Crippen MR) is 82.1 cm³/mol. The Kier molecular flexibility index (Phi) is 4.93. The fourth-order valence-electron chi connectivity index (χ4n) is 2.25. The highest BCUT2D eigenvalue weighted by Gasteiger charge is 2.21. The maximum absolute atomic E-state index is 12.3. The van der Waals surface area contributed by atoms with E-state index >= 15 is 0 Å². The molecule has 0 spiro atoms. The zero-order chi connectivity index (χ0) is 15.2. The molecule has 0 aliphatic heterocycles. The van der Waals surface area contributed by atoms with Crippen LogP contribution in [0.4, 0.5) is 0 Å². The maximum atomic E-state index is 12.3. The second-order valence-corrected chi connectivity index (χ2v) is 4.90. The number of amides is 1. The third-order valence-corrected chi connectivity index (χ3v) is 3.38. The van der Waals surface area contributed by atoms with Gasteiger partial charge in [-0.05, 0) is 29.3 Å². The highest BCUT2D eigenvalue weighted by atomic mass is 16.5. The lowest BCUT2D eigenvalue weighted by Gasteiger charge is -2.15. The average Bonchev–Trinajstić information content (AvgIpc) is 2.53. The van der Waals surface area contributed by atoms with E-state index in [1.807, 2.05) is 43.3 Å². The van der Waals surface area contributed by atoms with Crippen molar-refractivity contribution < 1.29 is 14.3 Å². The van der Waals surface area contributed by atoms with Crippen LogP contribution in [-0.2, 0) is 9.53 Å². The van der Waals surface area contributed by atoms with E-state index in [0.29, 0.717) is 12.0 Å². The van der Waals surface area contributed by atoms with Crippen molar-refractivity contribution in [2.45, 2.75) is 25.8 Å². The third-order valence-electron chi connectivity index (χ3n) is 3.38. The molecule has 0 fully saturated rings. The topological polar surface area (TPSA) is 55.4 Å². The van der Waals surface area contributed by atoms with Crippen LogP contribution in [-0.4, -0.2) is 25.0 Å². The summed E-state index contributed by atoms with van der Waals surface area (Å²) in [5.41, 5.74) is 0.540. The standard InChI is InChI=1S/C17H19NO3/c1-3-6-15(17(20)21-2)18-16(19)14-10-9-12-7-4-5-8-13(12)11-14/h4-5,7-11,15H,3,6H2,1-2H3,(H,18,19)/t15-/m0/s1. The molecule has 0 radical (unpaired) electrons. The van der Waals surface area contributed by atoms with E-state index in [4.69, 9.17) is 4.74 Å². The van der Waals surface area contributed by atoms with Gasteiger partial charge >= 0.3 is 5.97 Å². The molecule has 0 aliphatic carbocycles. The summed E-state index contributed by atoms with van der Waals surface area (Å²) in [6.45, 7) is 1.96. The van der Waals surface area contributed by atoms with E-state index in [1.165, 1.54) is 7.11 Å². The number of methoxy groups -OCH3 is 1. The van der Waals surface area contributed by atoms with Crippen molar-refractivity contribution >= 4 is 22.6 Å². The summed E-state index contributed by atoms with van der Waals surface area (Å²) in [6.07, 6.45) is 1.35. The number of fused-ring (bicyclic) bond motifs is 1. The number of rotatable bonds is 5. The maximum Gasteiger partial charge on any atom is 0.328 e. The van der Waals surface area contributed by atoms with Gasteiger partial charge in [-0.2, -0.15) is 0 Å². The fraction of sp³-hybridized carbons (Fsp3) is 0.294. The Bertz CT molecular complexity index is 651. The highest BCUT2D eigenvalue weighted by molar-refractivity contribution is 6.00. The molecule has 2 aromatic rings. The van der Waals surface area contributed by atoms with Crippen LogP contribution < -0.4 is 5.32 Å². The lowest BCUT2D eigenvalue weighted by atomic mass is 10.1. The summed E-state index contributed by atoms with van der Waals surface area (Å²) in [6, 6.07) is 12.7. The molecule has 1 atom stereocenters. The number of carbonyl (C=O) groups is 2. The molecule has 0 aliphatic rings. The number of benzene rings is 2. The van der Waals surface area contributed by atoms with Crippen LogP contribution in [0.2, 0.25) is 0 Å². The molecule has 0 unspecified atom stereocenters. The van der Waals surface area contributed by atoms with E-state index in [2.05, 4.69) is 5.32 Å². The van der Waals surface area contributed by atoms with Crippen molar-refractivity contribution in [1.29, 1.82) is 0 Å². The first-order chi connectivity index (χ1) is 10.2. The van der Waals surface area contributed by atoms with Crippen molar-refractivity contribution in [2.24, 2.45) is 0 Å². The van der Waals surface area contributed by atoms with Gasteiger partial charge in [-0.15, -0.1) is 0 Å². The Balaban J connectivity index is 2.18. The van der Waals surface area contributed by atoms with Gasteiger partial charge in [0.25, 0.3) is 5.91 Å². The number of hydrogen-bond acceptors (Lipinski definition) is 3. The van der Waals surface area contributed by atoms with Gasteiger partial charge in [0.2, 0.25) is 0 Å². The van der Waals surface area contributed by atoms with Crippen molar-refractivity contribution in [2.75, 3.05) is 7.11 Å². The van der Waals surface area contributed by atoms with Crippen LogP contribution in [0.5, 0.6) is 0 Å². The van der Waals surface area contributed by atoms with Gasteiger partial charge in [0.05, 0.1) is 7.11 Å². The molecule has 0 aromatic heterocycles. The Hall–Kier alpha value is -2.36. The van der Waals surface area contributed by atoms with Gasteiger partial charge in [-0.25, -0.2) is 4.79 Å². The van der Waals surface area contributed by atoms with Crippen LogP contribution in [0.25, 0.3) is 10.8 Å². The highest BCUT2D eigenvalue weighted by Crippen LogP contribution is 2.16. The lowest BCUT2D eigenvalue weighted by molar-refractivity contribution is -0.143. The first-order valence-electron chi connectivity index (χ1n) is 7.03. The van der Waals surface area contributed by atoms with Crippen molar-refractivity contribution in [1.82, 2.24) is 5.32 Å². The second-order valence-electron chi connectivity index (χ2n) is 4.90. The predicted octanol–water partition coefficient (Wildman–Crippen LogP) is 2.91. The molecule has 1 amide bonds. The van der Waals surface area contributed by atoms with Crippen LogP contribution in [0.3, 0.4) is 0 Å². The Morgan fingerprint density at radius 1 is 1.14 bits per heavy atom. The van der Waals surface area contributed by atoms with E-state index < -0.39 is 12.0 Å². The van der Waals surface area contributed by atoms with Crippen molar-refractivity contribution in [3.05, 3.63) is 48.0 Å². The summed E-state index contributed by atoms with van der Waals surface area (Å²) < 4.78 is 4.72. The van der Waals surface area contributed by atoms with Gasteiger partial charge in [0, 0.05) is 5.56 Å². The molecule has 2 aromatic carbocycles. The van der Waals surface area contributed by atoms with Crippen molar-refractivity contribution in [3.8, 4) is 0 Å². The Morgan fingerprint density at radius 2 is 1.86 bits per heavy atom. The molecule has 110 valence electrons. The van der Waals surface area contributed by atoms with E-state index in [-0.39, 0.29) is 5.91 Å². The van der Waals surface area contributed by atoms with E-state index in [9.17, 15) is 9.59 Å². The average molecular weight is 285 g/mol. The third kappa shape index (κ3) is 3.60. The minimum absolute atomic E-state index is 0.260. The summed E-state index contributed by atoms with van der Waals surface area (Å²) in [5, 5.41) is 4.81. The molecular formula is C17H19NO3. The molecule has 0 saturated carbocycles. The molecule has 0 heterocycles. The zero-order valence-electron chi connectivity index (χ0n) is 12.3. The summed E-state index contributed by atoms with van der Waals surface area (Å²) >= 11 is 0. The molecule has 4 heteroatoms. The fourth-order valence-corrected chi connectivity index (χ4v) is 2.25. The summed E-state index contributed by atoms with van der Waals surface area (Å²) in [7, 11) is 1.33. The van der Waals surface area contributed by atoms with E-state index in [0.717, 1.165) is 17.2 Å². The normalized spacial score (nSPS) is 11.9. The number of nitrogens with one attached hydrogen (secondary N) is 1. The second kappa shape index (κ2) is 6.88. The number of carbonyl (C=O) groups excluding carboxylic acids is 2. The SMILES string of the molecule is CCC[C@H](NC(=O)c1ccc2ccccc2c1)C(=O)OC. The van der Waals surface area contributed by atoms with Crippen LogP contribution in [0, 0.1) is 0 Å². The molecule has 21 heavy (non-hydrogen) atoms. The first kappa shape index (κ1) is 15.0. The van der Waals surface area contributed by atoms with Gasteiger partial charge in [0.15, 0.2) is 0 Å². The van der Waals surface area contributed by atoms with Gasteiger partial charge < -0.3 is 10.1 Å². The minimum atomic E-state index is -0.598. The van der Waals surface area contributed by atoms with Gasteiger partial charge in [0.1, 0.15) is 6.04 Å². The summed E-state index contributed by atoms with van der Waals surface area (Å²) in [4.78, 5) is 23.9. The molecule has 0 saturated heterocycles. The Labute approximate surface area is 124 Å². The van der Waals surface area contributed by atoms with Crippen LogP contribution in [0.15, 0.2) is 42.5 Å². The summed E-state index contributed by atoms with van der Waals surface area (Å²) in [5.74, 6) is -0.671. The number of hydrogen-bond donors (Lipinski definition) is 1. The number of esters is 1. The lowest BCUT2D eigenvalue weighted by Crippen LogP contribution is -2.41. The molecule has 4 nitrogen and oxygen atoms in total. The monoisotopic (exact) mass is 285 g/mol. The quantitative estimate of drug-likeness (QED) is 0.859. The Morgan fingerprint density at radius 3 is 2.52 bits per heavy atom. The minimum Gasteiger partial charge on any atom is -0.467 e. The smallest absolute Gasteiger partial charge is 0.328 e. The van der Waals surface area contributed by atoms with Crippen molar-refractivity contribution in [3.63, 3.8) is 0 Å². The van der Waals surface area contributed by atoms with Gasteiger partial charge in [-0.1, -0.05) is 43.7 Å². The molecular weight excluding hydrogens is 266 g/mol. The first-order valence-corrected chi connectivity index (χ1v) is 7.03. The van der Waals surface area contributed by atoms with Crippen LogP contribution >= 0.6 is 0 Å². The molecule has 0 bridgehead atoms. The number of ether oxygens (including phenoxy) is 1. The van der Waals surface area contributed by atoms with Gasteiger partial charge in [-0.3, -0.25) is 4.79 Å². The molecule has 1 N–H and O–H groups in total. The molecule has 2 rings (SSSR count). The zero-order valence-corrected chi connectivity index (χ0v) is 12.3.